The van der Waals surface area contributed by atoms with Gasteiger partial charge in [0.2, 0.25) is 5.82 Å². The van der Waals surface area contributed by atoms with Gasteiger partial charge in [-0.2, -0.15) is 13.2 Å². The minimum atomic E-state index is -4.60. The van der Waals surface area contributed by atoms with Gasteiger partial charge in [-0.05, 0) is 67.6 Å². The molecule has 1 aromatic heterocycles. The molecular formula is C28H31ClF5N3O2. The van der Waals surface area contributed by atoms with Gasteiger partial charge in [-0.1, -0.05) is 12.1 Å². The lowest BCUT2D eigenvalue weighted by molar-refractivity contribution is -0.145. The second kappa shape index (κ2) is 11.8. The van der Waals surface area contributed by atoms with E-state index in [0.29, 0.717) is 31.0 Å². The van der Waals surface area contributed by atoms with Crippen molar-refractivity contribution in [1.82, 2.24) is 14.9 Å². The molecule has 2 fully saturated rings. The predicted octanol–water partition coefficient (Wildman–Crippen LogP) is 6.46. The summed E-state index contributed by atoms with van der Waals surface area (Å²) in [4.78, 5) is 3.51. The lowest BCUT2D eigenvalue weighted by atomic mass is 9.76. The van der Waals surface area contributed by atoms with Gasteiger partial charge in [-0.3, -0.25) is 4.57 Å². The van der Waals surface area contributed by atoms with E-state index in [1.807, 2.05) is 0 Å². The van der Waals surface area contributed by atoms with Crippen molar-refractivity contribution >= 4 is 12.4 Å². The quantitative estimate of drug-likeness (QED) is 0.249. The van der Waals surface area contributed by atoms with E-state index in [1.54, 1.807) is 30.3 Å². The van der Waals surface area contributed by atoms with Crippen LogP contribution in [0.25, 0.3) is 5.69 Å². The van der Waals surface area contributed by atoms with Gasteiger partial charge in [0.1, 0.15) is 18.2 Å². The summed E-state index contributed by atoms with van der Waals surface area (Å²) >= 11 is 0. The summed E-state index contributed by atoms with van der Waals surface area (Å²) in [5.74, 6) is -0.742. The Hall–Kier alpha value is -2.69. The number of hydrogen-bond acceptors (Lipinski definition) is 4. The Bertz CT molecular complexity index is 1250. The van der Waals surface area contributed by atoms with Gasteiger partial charge < -0.3 is 14.8 Å². The molecule has 39 heavy (non-hydrogen) atoms. The van der Waals surface area contributed by atoms with Crippen molar-refractivity contribution in [2.75, 3.05) is 33.5 Å². The molecule has 0 unspecified atom stereocenters. The van der Waals surface area contributed by atoms with Crippen LogP contribution in [0, 0.1) is 11.7 Å². The number of methoxy groups -OCH3 is 1. The molecule has 4 atom stereocenters. The van der Waals surface area contributed by atoms with Crippen LogP contribution in [0.5, 0.6) is 5.75 Å². The highest BCUT2D eigenvalue weighted by atomic mass is 35.5. The number of rotatable bonds is 8. The first-order valence-corrected chi connectivity index (χ1v) is 12.7. The van der Waals surface area contributed by atoms with Crippen LogP contribution in [-0.4, -0.2) is 48.6 Å². The van der Waals surface area contributed by atoms with Crippen LogP contribution in [0.1, 0.15) is 48.0 Å². The van der Waals surface area contributed by atoms with E-state index in [4.69, 9.17) is 9.47 Å². The molecule has 2 heterocycles. The monoisotopic (exact) mass is 571 g/mol. The summed E-state index contributed by atoms with van der Waals surface area (Å²) in [7, 11) is 1.53. The van der Waals surface area contributed by atoms with Gasteiger partial charge >= 0.3 is 6.18 Å². The third kappa shape index (κ3) is 5.78. The molecule has 1 saturated carbocycles. The molecule has 212 valence electrons. The summed E-state index contributed by atoms with van der Waals surface area (Å²) in [5, 5.41) is 3.17. The van der Waals surface area contributed by atoms with Crippen LogP contribution in [0.3, 0.4) is 0 Å². The third-order valence-corrected chi connectivity index (χ3v) is 7.87. The molecule has 5 nitrogen and oxygen atoms in total. The Kier molecular flexibility index (Phi) is 8.88. The zero-order valence-corrected chi connectivity index (χ0v) is 22.2. The number of aromatic nitrogens is 2. The summed E-state index contributed by atoms with van der Waals surface area (Å²) in [5.41, 5.74) is 1.53. The van der Waals surface area contributed by atoms with Crippen molar-refractivity contribution in [2.24, 2.45) is 5.92 Å². The molecule has 3 aromatic rings. The highest BCUT2D eigenvalue weighted by Gasteiger charge is 2.54. The van der Waals surface area contributed by atoms with E-state index in [2.05, 4.69) is 10.3 Å². The van der Waals surface area contributed by atoms with Crippen molar-refractivity contribution in [3.63, 3.8) is 0 Å². The molecular weight excluding hydrogens is 541 g/mol. The van der Waals surface area contributed by atoms with Crippen molar-refractivity contribution < 1.29 is 31.4 Å². The summed E-state index contributed by atoms with van der Waals surface area (Å²) in [6.07, 6.45) is 0.0808. The van der Waals surface area contributed by atoms with Gasteiger partial charge in [0, 0.05) is 42.0 Å². The molecule has 0 radical (unpaired) electrons. The van der Waals surface area contributed by atoms with Crippen molar-refractivity contribution in [2.45, 2.75) is 42.9 Å². The molecule has 1 saturated heterocycles. The summed E-state index contributed by atoms with van der Waals surface area (Å²) in [6.45, 7) is 0.793. The topological polar surface area (TPSA) is 48.3 Å². The fourth-order valence-corrected chi connectivity index (χ4v) is 6.31. The first-order valence-electron chi connectivity index (χ1n) is 12.7. The Morgan fingerprint density at radius 2 is 1.95 bits per heavy atom. The van der Waals surface area contributed by atoms with Crippen LogP contribution in [0.2, 0.25) is 0 Å². The van der Waals surface area contributed by atoms with E-state index in [0.717, 1.165) is 34.7 Å². The number of hydrogen-bond donors (Lipinski definition) is 1. The first kappa shape index (κ1) is 29.3. The van der Waals surface area contributed by atoms with Crippen LogP contribution in [0.15, 0.2) is 54.9 Å². The number of nitrogens with zero attached hydrogens (tertiary/aromatic N) is 2. The smallest absolute Gasteiger partial charge is 0.450 e. The van der Waals surface area contributed by atoms with Gasteiger partial charge in [0.05, 0.1) is 19.3 Å². The first-order chi connectivity index (χ1) is 18.3. The molecule has 1 aliphatic carbocycles. The molecule has 0 amide bonds. The molecule has 5 rings (SSSR count). The van der Waals surface area contributed by atoms with E-state index >= 15 is 0 Å². The highest BCUT2D eigenvalue weighted by Crippen LogP contribution is 2.57. The number of imidazole rings is 1. The standard InChI is InChI=1S/C28H30F5N3O2.ClH/c1-37-24-7-6-22(36-13-12-35-26(36)28(31,32)33)14-23(24)20-15-27(38-17-20)9-8-19(16-34-11-10-29)25(27)18-2-4-21(30)5-3-18;/h2-7,12-14,19-20,25,34H,8-11,15-17H2,1H3;1H/t19-,20-,25-,27-;/m1./s1. The van der Waals surface area contributed by atoms with E-state index in [9.17, 15) is 22.0 Å². The molecule has 1 spiro atoms. The van der Waals surface area contributed by atoms with Crippen LogP contribution in [-0.2, 0) is 10.9 Å². The van der Waals surface area contributed by atoms with Gasteiger partial charge in [0.15, 0.2) is 0 Å². The number of benzene rings is 2. The summed E-state index contributed by atoms with van der Waals surface area (Å²) < 4.78 is 80.2. The largest absolute Gasteiger partial charge is 0.496 e. The van der Waals surface area contributed by atoms with Gasteiger partial charge in [-0.25, -0.2) is 13.8 Å². The minimum Gasteiger partial charge on any atom is -0.496 e. The van der Waals surface area contributed by atoms with Crippen LogP contribution >= 0.6 is 12.4 Å². The normalized spacial score (nSPS) is 24.7. The molecule has 0 bridgehead atoms. The lowest BCUT2D eigenvalue weighted by Crippen LogP contribution is -2.36. The van der Waals surface area contributed by atoms with Crippen molar-refractivity contribution in [3.8, 4) is 11.4 Å². The van der Waals surface area contributed by atoms with E-state index in [-0.39, 0.29) is 42.5 Å². The molecule has 1 N–H and O–H groups in total. The second-order valence-electron chi connectivity index (χ2n) is 10.0. The summed E-state index contributed by atoms with van der Waals surface area (Å²) in [6, 6.07) is 11.4. The second-order valence-corrected chi connectivity index (χ2v) is 10.0. The SMILES string of the molecule is COc1ccc(-n2ccnc2C(F)(F)F)cc1[C@H]1CO[C@]2(CC[C@H](CNCCF)[C@H]2c2ccc(F)cc2)C1.Cl. The third-order valence-electron chi connectivity index (χ3n) is 7.87. The Balaban J connectivity index is 0.00000353. The number of halogens is 6. The Morgan fingerprint density at radius 1 is 1.18 bits per heavy atom. The molecule has 11 heteroatoms. The number of nitrogens with one attached hydrogen (secondary N) is 1. The predicted molar refractivity (Wildman–Crippen MR) is 139 cm³/mol. The maximum atomic E-state index is 13.7. The van der Waals surface area contributed by atoms with Crippen molar-refractivity contribution in [3.05, 3.63) is 77.6 Å². The van der Waals surface area contributed by atoms with Gasteiger partial charge in [-0.15, -0.1) is 12.4 Å². The fraction of sp³-hybridized carbons (Fsp3) is 0.464. The van der Waals surface area contributed by atoms with Crippen LogP contribution < -0.4 is 10.1 Å². The Labute approximate surface area is 230 Å². The maximum Gasteiger partial charge on any atom is 0.450 e. The average Bonchev–Trinajstić information content (AvgIpc) is 3.64. The zero-order valence-electron chi connectivity index (χ0n) is 21.4. The zero-order chi connectivity index (χ0) is 26.9. The van der Waals surface area contributed by atoms with Crippen LogP contribution in [0.4, 0.5) is 22.0 Å². The molecule has 2 aliphatic rings. The van der Waals surface area contributed by atoms with Crippen molar-refractivity contribution in [1.29, 1.82) is 0 Å². The minimum absolute atomic E-state index is 0. The Morgan fingerprint density at radius 3 is 2.64 bits per heavy atom. The highest BCUT2D eigenvalue weighted by molar-refractivity contribution is 5.85. The fourth-order valence-electron chi connectivity index (χ4n) is 6.31. The number of ether oxygens (including phenoxy) is 2. The lowest BCUT2D eigenvalue weighted by Gasteiger charge is -2.34. The average molecular weight is 572 g/mol. The number of alkyl halides is 4. The van der Waals surface area contributed by atoms with Gasteiger partial charge in [0.25, 0.3) is 0 Å². The maximum absolute atomic E-state index is 13.7. The van der Waals surface area contributed by atoms with E-state index in [1.165, 1.54) is 25.4 Å². The molecule has 1 aliphatic heterocycles. The molecule has 2 aromatic carbocycles. The van der Waals surface area contributed by atoms with E-state index < -0.39 is 24.3 Å².